The summed E-state index contributed by atoms with van der Waals surface area (Å²) in [5, 5.41) is 27.3. The molecule has 3 aliphatic rings. The quantitative estimate of drug-likeness (QED) is 0.262. The monoisotopic (exact) mass is 611 g/mol. The minimum absolute atomic E-state index is 0.000779. The summed E-state index contributed by atoms with van der Waals surface area (Å²) in [5.41, 5.74) is 2.13. The number of hydrogen-bond acceptors (Lipinski definition) is 6. The van der Waals surface area contributed by atoms with Gasteiger partial charge in [0.25, 0.3) is 0 Å². The summed E-state index contributed by atoms with van der Waals surface area (Å²) in [7, 11) is 1.76. The van der Waals surface area contributed by atoms with Gasteiger partial charge >= 0.3 is 0 Å². The fourth-order valence-corrected chi connectivity index (χ4v) is 7.11. The SMILES string of the molecule is Cn1cc2c(n1)COc1c-2cc(C#N)c(-c2c(Cl)c(F)cc3c2C[C@@](CNC2CCC(C#N)CC2)(c2ccccc2)O3)c1F. The number of halogens is 3. The van der Waals surface area contributed by atoms with Gasteiger partial charge < -0.3 is 14.8 Å². The Balaban J connectivity index is 1.33. The normalized spacial score (nSPS) is 21.7. The van der Waals surface area contributed by atoms with E-state index in [1.54, 1.807) is 24.0 Å². The predicted molar refractivity (Wildman–Crippen MR) is 160 cm³/mol. The number of ether oxygens (including phenoxy) is 2. The van der Waals surface area contributed by atoms with E-state index in [-0.39, 0.29) is 58.2 Å². The molecule has 7 rings (SSSR count). The molecule has 1 atom stereocenters. The molecule has 222 valence electrons. The molecule has 10 heteroatoms. The Hall–Kier alpha value is -4.44. The van der Waals surface area contributed by atoms with Crippen LogP contribution in [0.4, 0.5) is 8.78 Å². The number of nitriles is 2. The highest BCUT2D eigenvalue weighted by Gasteiger charge is 2.45. The third kappa shape index (κ3) is 4.59. The standard InChI is InChI=1S/C34H28ClF2N5O2/c1-42-16-25-23-11-20(15-39)29(32(37)33(23)43-17-27(25)41-42)30-24-13-34(21-5-3-2-4-6-21,44-28(24)12-26(36)31(30)35)18-40-22-9-7-19(14-38)8-10-22/h2-6,11-12,16,19,22,40H,7-10,13,17-18H2,1H3/t19?,22?,34-/m1/s1. The maximum Gasteiger partial charge on any atom is 0.174 e. The second-order valence-corrected chi connectivity index (χ2v) is 12.2. The molecule has 3 aromatic carbocycles. The number of fused-ring (bicyclic) bond motifs is 4. The van der Waals surface area contributed by atoms with E-state index in [4.69, 9.17) is 21.1 Å². The Morgan fingerprint density at radius 1 is 1.09 bits per heavy atom. The van der Waals surface area contributed by atoms with Crippen molar-refractivity contribution in [3.8, 4) is 45.9 Å². The van der Waals surface area contributed by atoms with Crippen LogP contribution in [0.5, 0.6) is 11.5 Å². The van der Waals surface area contributed by atoms with Crippen LogP contribution in [0.3, 0.4) is 0 Å². The average Bonchev–Trinajstić information content (AvgIpc) is 3.62. The van der Waals surface area contributed by atoms with E-state index in [1.165, 1.54) is 6.07 Å². The molecule has 0 amide bonds. The zero-order valence-corrected chi connectivity index (χ0v) is 24.7. The van der Waals surface area contributed by atoms with Crippen LogP contribution < -0.4 is 14.8 Å². The van der Waals surface area contributed by atoms with E-state index in [2.05, 4.69) is 22.6 Å². The summed E-state index contributed by atoms with van der Waals surface area (Å²) >= 11 is 6.64. The van der Waals surface area contributed by atoms with Crippen molar-refractivity contribution in [3.63, 3.8) is 0 Å². The third-order valence-corrected chi connectivity index (χ3v) is 9.45. The third-order valence-electron chi connectivity index (χ3n) is 9.08. The van der Waals surface area contributed by atoms with Gasteiger partial charge in [0.05, 0.1) is 22.7 Å². The fourth-order valence-electron chi connectivity index (χ4n) is 6.85. The largest absolute Gasteiger partial charge is 0.483 e. The van der Waals surface area contributed by atoms with E-state index in [0.717, 1.165) is 31.2 Å². The second kappa shape index (κ2) is 10.9. The van der Waals surface area contributed by atoms with Crippen LogP contribution in [0.1, 0.15) is 48.1 Å². The Morgan fingerprint density at radius 3 is 2.59 bits per heavy atom. The van der Waals surface area contributed by atoms with Crippen LogP contribution >= 0.6 is 11.6 Å². The molecule has 0 radical (unpaired) electrons. The van der Waals surface area contributed by atoms with Gasteiger partial charge in [0.2, 0.25) is 0 Å². The first-order chi connectivity index (χ1) is 21.3. The molecule has 3 heterocycles. The lowest BCUT2D eigenvalue weighted by atomic mass is 9.83. The molecule has 2 aliphatic heterocycles. The lowest BCUT2D eigenvalue weighted by Crippen LogP contribution is -2.46. The summed E-state index contributed by atoms with van der Waals surface area (Å²) in [5.74, 6) is -1.27. The van der Waals surface area contributed by atoms with E-state index < -0.39 is 17.2 Å². The molecule has 0 bridgehead atoms. The first kappa shape index (κ1) is 28.3. The van der Waals surface area contributed by atoms with Crippen molar-refractivity contribution in [2.45, 2.75) is 50.4 Å². The van der Waals surface area contributed by atoms with Crippen molar-refractivity contribution in [3.05, 3.63) is 87.7 Å². The van der Waals surface area contributed by atoms with Gasteiger partial charge in [0.15, 0.2) is 17.2 Å². The van der Waals surface area contributed by atoms with Gasteiger partial charge in [0, 0.05) is 72.1 Å². The number of nitrogens with one attached hydrogen (secondary N) is 1. The number of aryl methyl sites for hydroxylation is 1. The number of hydrogen-bond donors (Lipinski definition) is 1. The number of nitrogens with zero attached hydrogens (tertiary/aromatic N) is 4. The van der Waals surface area contributed by atoms with E-state index in [1.807, 2.05) is 30.3 Å². The van der Waals surface area contributed by atoms with Gasteiger partial charge in [-0.1, -0.05) is 41.9 Å². The summed E-state index contributed by atoms with van der Waals surface area (Å²) in [6.45, 7) is 0.458. The molecule has 7 nitrogen and oxygen atoms in total. The van der Waals surface area contributed by atoms with Crippen LogP contribution in [0.15, 0.2) is 48.7 Å². The van der Waals surface area contributed by atoms with Gasteiger partial charge in [-0.3, -0.25) is 4.68 Å². The van der Waals surface area contributed by atoms with E-state index in [9.17, 15) is 10.5 Å². The second-order valence-electron chi connectivity index (χ2n) is 11.8. The Kier molecular flexibility index (Phi) is 7.04. The van der Waals surface area contributed by atoms with Gasteiger partial charge in [-0.25, -0.2) is 8.78 Å². The highest BCUT2D eigenvalue weighted by atomic mass is 35.5. The Labute approximate surface area is 258 Å². The number of rotatable bonds is 5. The lowest BCUT2D eigenvalue weighted by Gasteiger charge is -2.33. The molecular weight excluding hydrogens is 584 g/mol. The van der Waals surface area contributed by atoms with Crippen molar-refractivity contribution in [2.75, 3.05) is 6.54 Å². The molecule has 1 aliphatic carbocycles. The zero-order chi connectivity index (χ0) is 30.6. The van der Waals surface area contributed by atoms with E-state index >= 15 is 8.78 Å². The highest BCUT2D eigenvalue weighted by molar-refractivity contribution is 6.34. The molecule has 1 fully saturated rings. The zero-order valence-electron chi connectivity index (χ0n) is 24.0. The van der Waals surface area contributed by atoms with Crippen molar-refractivity contribution in [1.82, 2.24) is 15.1 Å². The maximum absolute atomic E-state index is 16.6. The lowest BCUT2D eigenvalue weighted by molar-refractivity contribution is 0.0849. The summed E-state index contributed by atoms with van der Waals surface area (Å²) in [6, 6.07) is 17.1. The first-order valence-corrected chi connectivity index (χ1v) is 15.0. The van der Waals surface area contributed by atoms with Crippen molar-refractivity contribution >= 4 is 11.6 Å². The molecule has 1 N–H and O–H groups in total. The Morgan fingerprint density at radius 2 is 1.86 bits per heavy atom. The summed E-state index contributed by atoms with van der Waals surface area (Å²) in [4.78, 5) is 0. The van der Waals surface area contributed by atoms with Gasteiger partial charge in [-0.05, 0) is 37.3 Å². The number of aromatic nitrogens is 2. The highest BCUT2D eigenvalue weighted by Crippen LogP contribution is 2.52. The van der Waals surface area contributed by atoms with E-state index in [0.29, 0.717) is 28.9 Å². The molecule has 0 saturated heterocycles. The van der Waals surface area contributed by atoms with Crippen LogP contribution in [0, 0.1) is 40.2 Å². The molecule has 0 spiro atoms. The van der Waals surface area contributed by atoms with Crippen LogP contribution in [0.2, 0.25) is 5.02 Å². The maximum atomic E-state index is 16.6. The van der Waals surface area contributed by atoms with Crippen molar-refractivity contribution in [1.29, 1.82) is 10.5 Å². The molecule has 4 aromatic rings. The minimum Gasteiger partial charge on any atom is -0.483 e. The van der Waals surface area contributed by atoms with Gasteiger partial charge in [-0.2, -0.15) is 15.6 Å². The van der Waals surface area contributed by atoms with Crippen molar-refractivity contribution in [2.24, 2.45) is 13.0 Å². The predicted octanol–water partition coefficient (Wildman–Crippen LogP) is 6.95. The molecule has 0 unspecified atom stereocenters. The minimum atomic E-state index is -0.944. The molecule has 44 heavy (non-hydrogen) atoms. The molecule has 1 saturated carbocycles. The van der Waals surface area contributed by atoms with Crippen LogP contribution in [-0.4, -0.2) is 22.4 Å². The van der Waals surface area contributed by atoms with Gasteiger partial charge in [0.1, 0.15) is 23.9 Å². The van der Waals surface area contributed by atoms with Crippen LogP contribution in [-0.2, 0) is 25.7 Å². The van der Waals surface area contributed by atoms with Crippen LogP contribution in [0.25, 0.3) is 22.3 Å². The summed E-state index contributed by atoms with van der Waals surface area (Å²) < 4.78 is 46.2. The average molecular weight is 612 g/mol. The fraction of sp³-hybridized carbons (Fsp3) is 0.324. The first-order valence-electron chi connectivity index (χ1n) is 14.6. The molecular formula is C34H28ClF2N5O2. The Bertz CT molecular complexity index is 1870. The van der Waals surface area contributed by atoms with Gasteiger partial charge in [-0.15, -0.1) is 0 Å². The topological polar surface area (TPSA) is 95.9 Å². The van der Waals surface area contributed by atoms with Crippen molar-refractivity contribution < 1.29 is 18.3 Å². The smallest absolute Gasteiger partial charge is 0.174 e. The summed E-state index contributed by atoms with van der Waals surface area (Å²) in [6.07, 6.45) is 5.41. The molecule has 1 aromatic heterocycles. The number of benzene rings is 3.